The van der Waals surface area contributed by atoms with Crippen molar-refractivity contribution in [1.82, 2.24) is 19.9 Å². The molecule has 1 saturated heterocycles. The van der Waals surface area contributed by atoms with E-state index in [4.69, 9.17) is 25.8 Å². The molecule has 33 heavy (non-hydrogen) atoms. The van der Waals surface area contributed by atoms with Crippen molar-refractivity contribution in [1.29, 1.82) is 0 Å². The molecule has 3 heterocycles. The number of nitrogens with one attached hydrogen (secondary N) is 1. The first kappa shape index (κ1) is 22.6. The summed E-state index contributed by atoms with van der Waals surface area (Å²) in [6, 6.07) is 4.83. The minimum atomic E-state index is -0.771. The molecule has 10 nitrogen and oxygen atoms in total. The van der Waals surface area contributed by atoms with E-state index in [1.807, 2.05) is 0 Å². The molecule has 0 saturated carbocycles. The smallest absolute Gasteiger partial charge is 0.260 e. The maximum Gasteiger partial charge on any atom is 0.260 e. The number of halogens is 3. The van der Waals surface area contributed by atoms with Crippen LogP contribution in [0.5, 0.6) is 17.4 Å². The molecule has 2 aromatic heterocycles. The van der Waals surface area contributed by atoms with Crippen molar-refractivity contribution in [2.24, 2.45) is 5.10 Å². The topological polar surface area (TPSA) is 107 Å². The standard InChI is InChI=1S/C20H18ClF2N7O3/c1-31-16-8-12(2-3-15(16)33-18-14(23)11-24-19(21)28-18)9-26-29-20-25-10-13(22)17(27-20)30-4-6-32-7-5-30/h2-3,8-11H,4-7H2,1H3,(H,25,27,29)/b26-9-. The molecular formula is C20H18ClF2N7O3. The highest BCUT2D eigenvalue weighted by Crippen LogP contribution is 2.32. The third kappa shape index (κ3) is 5.59. The molecule has 0 amide bonds. The second-order valence-electron chi connectivity index (χ2n) is 6.64. The lowest BCUT2D eigenvalue weighted by Gasteiger charge is -2.27. The van der Waals surface area contributed by atoms with Crippen LogP contribution in [0.2, 0.25) is 5.28 Å². The molecule has 1 fully saturated rings. The van der Waals surface area contributed by atoms with E-state index in [-0.39, 0.29) is 28.7 Å². The zero-order valence-electron chi connectivity index (χ0n) is 17.3. The molecule has 0 atom stereocenters. The average Bonchev–Trinajstić information content (AvgIpc) is 2.83. The monoisotopic (exact) mass is 477 g/mol. The molecule has 1 aromatic carbocycles. The summed E-state index contributed by atoms with van der Waals surface area (Å²) in [5.41, 5.74) is 3.30. The maximum atomic E-state index is 14.1. The molecule has 0 unspecified atom stereocenters. The fourth-order valence-corrected chi connectivity index (χ4v) is 3.05. The van der Waals surface area contributed by atoms with Crippen LogP contribution in [0.4, 0.5) is 20.5 Å². The van der Waals surface area contributed by atoms with E-state index in [0.717, 1.165) is 12.4 Å². The van der Waals surface area contributed by atoms with Crippen molar-refractivity contribution in [3.8, 4) is 17.4 Å². The lowest BCUT2D eigenvalue weighted by Crippen LogP contribution is -2.37. The number of methoxy groups -OCH3 is 1. The molecule has 0 bridgehead atoms. The van der Waals surface area contributed by atoms with Crippen LogP contribution in [0.15, 0.2) is 35.7 Å². The van der Waals surface area contributed by atoms with Crippen LogP contribution in [0.25, 0.3) is 0 Å². The maximum absolute atomic E-state index is 14.1. The highest BCUT2D eigenvalue weighted by atomic mass is 35.5. The van der Waals surface area contributed by atoms with Gasteiger partial charge in [0.25, 0.3) is 5.88 Å². The van der Waals surface area contributed by atoms with Gasteiger partial charge < -0.3 is 19.1 Å². The van der Waals surface area contributed by atoms with E-state index in [1.54, 1.807) is 23.1 Å². The summed E-state index contributed by atoms with van der Waals surface area (Å²) in [6.07, 6.45) is 3.48. The van der Waals surface area contributed by atoms with E-state index in [0.29, 0.717) is 37.6 Å². The van der Waals surface area contributed by atoms with Crippen LogP contribution < -0.4 is 19.8 Å². The van der Waals surface area contributed by atoms with Gasteiger partial charge in [-0.25, -0.2) is 19.8 Å². The second-order valence-corrected chi connectivity index (χ2v) is 6.98. The van der Waals surface area contributed by atoms with Crippen molar-refractivity contribution in [2.75, 3.05) is 43.7 Å². The minimum absolute atomic E-state index is 0.136. The van der Waals surface area contributed by atoms with Gasteiger partial charge in [0, 0.05) is 13.1 Å². The van der Waals surface area contributed by atoms with Crippen molar-refractivity contribution >= 4 is 29.6 Å². The Morgan fingerprint density at radius 3 is 2.70 bits per heavy atom. The molecule has 0 spiro atoms. The predicted molar refractivity (Wildman–Crippen MR) is 116 cm³/mol. The third-order valence-corrected chi connectivity index (χ3v) is 4.67. The SMILES string of the molecule is COc1cc(/C=N\Nc2ncc(F)c(N3CCOCC3)n2)ccc1Oc1nc(Cl)ncc1F. The van der Waals surface area contributed by atoms with Gasteiger partial charge in [-0.2, -0.15) is 19.5 Å². The quantitative estimate of drug-likeness (QED) is 0.311. The van der Waals surface area contributed by atoms with Crippen LogP contribution >= 0.6 is 11.6 Å². The first-order chi connectivity index (χ1) is 16.0. The summed E-state index contributed by atoms with van der Waals surface area (Å²) in [5.74, 6) is -0.779. The lowest BCUT2D eigenvalue weighted by molar-refractivity contribution is 0.122. The molecule has 172 valence electrons. The first-order valence-corrected chi connectivity index (χ1v) is 10.1. The van der Waals surface area contributed by atoms with Crippen molar-refractivity contribution < 1.29 is 23.0 Å². The molecule has 0 radical (unpaired) electrons. The predicted octanol–water partition coefficient (Wildman–Crippen LogP) is 3.28. The second kappa shape index (κ2) is 10.3. The number of aromatic nitrogens is 4. The van der Waals surface area contributed by atoms with E-state index in [2.05, 4.69) is 30.5 Å². The summed E-state index contributed by atoms with van der Waals surface area (Å²) in [5, 5.41) is 3.93. The molecule has 1 aliphatic rings. The number of anilines is 2. The summed E-state index contributed by atoms with van der Waals surface area (Å²) < 4.78 is 44.0. The van der Waals surface area contributed by atoms with E-state index < -0.39 is 11.6 Å². The van der Waals surface area contributed by atoms with Gasteiger partial charge in [-0.15, -0.1) is 0 Å². The van der Waals surface area contributed by atoms with Crippen molar-refractivity contribution in [2.45, 2.75) is 0 Å². The molecule has 1 aliphatic heterocycles. The van der Waals surface area contributed by atoms with Crippen LogP contribution in [0.3, 0.4) is 0 Å². The highest BCUT2D eigenvalue weighted by Gasteiger charge is 2.18. The molecule has 13 heteroatoms. The summed E-state index contributed by atoms with van der Waals surface area (Å²) in [4.78, 5) is 17.1. The van der Waals surface area contributed by atoms with Gasteiger partial charge in [-0.05, 0) is 35.4 Å². The normalized spacial score (nSPS) is 13.9. The van der Waals surface area contributed by atoms with Gasteiger partial charge in [-0.1, -0.05) is 0 Å². The fourth-order valence-electron chi connectivity index (χ4n) is 2.93. The average molecular weight is 478 g/mol. The first-order valence-electron chi connectivity index (χ1n) is 9.71. The number of nitrogens with zero attached hydrogens (tertiary/aromatic N) is 6. The van der Waals surface area contributed by atoms with Crippen molar-refractivity contribution in [3.05, 3.63) is 53.1 Å². The molecular weight excluding hydrogens is 460 g/mol. The number of hydrogen-bond acceptors (Lipinski definition) is 10. The third-order valence-electron chi connectivity index (χ3n) is 4.49. The molecule has 0 aliphatic carbocycles. The Kier molecular flexibility index (Phi) is 7.05. The van der Waals surface area contributed by atoms with E-state index >= 15 is 0 Å². The Morgan fingerprint density at radius 2 is 1.91 bits per heavy atom. The van der Waals surface area contributed by atoms with Gasteiger partial charge in [0.05, 0.1) is 38.9 Å². The van der Waals surface area contributed by atoms with Gasteiger partial charge in [0.2, 0.25) is 17.0 Å². The molecule has 3 aromatic rings. The largest absolute Gasteiger partial charge is 0.493 e. The van der Waals surface area contributed by atoms with Crippen LogP contribution in [0, 0.1) is 11.6 Å². The van der Waals surface area contributed by atoms with Gasteiger partial charge in [-0.3, -0.25) is 0 Å². The highest BCUT2D eigenvalue weighted by molar-refractivity contribution is 6.28. The van der Waals surface area contributed by atoms with Gasteiger partial charge in [0.15, 0.2) is 23.1 Å². The van der Waals surface area contributed by atoms with E-state index in [1.165, 1.54) is 13.3 Å². The van der Waals surface area contributed by atoms with Crippen molar-refractivity contribution in [3.63, 3.8) is 0 Å². The van der Waals surface area contributed by atoms with Gasteiger partial charge >= 0.3 is 0 Å². The summed E-state index contributed by atoms with van der Waals surface area (Å²) in [6.45, 7) is 2.08. The number of hydrazone groups is 1. The fraction of sp³-hybridized carbons (Fsp3) is 0.250. The Bertz CT molecular complexity index is 1160. The zero-order valence-corrected chi connectivity index (χ0v) is 18.1. The number of benzene rings is 1. The molecule has 4 rings (SSSR count). The Balaban J connectivity index is 1.46. The van der Waals surface area contributed by atoms with Crippen LogP contribution in [0.1, 0.15) is 5.56 Å². The zero-order chi connectivity index (χ0) is 23.2. The summed E-state index contributed by atoms with van der Waals surface area (Å²) in [7, 11) is 1.43. The van der Waals surface area contributed by atoms with Gasteiger partial charge in [0.1, 0.15) is 0 Å². The Labute approximate surface area is 192 Å². The number of rotatable bonds is 7. The Hall–Kier alpha value is -3.64. The minimum Gasteiger partial charge on any atom is -0.493 e. The van der Waals surface area contributed by atoms with Crippen LogP contribution in [-0.4, -0.2) is 59.6 Å². The number of hydrogen-bond donors (Lipinski definition) is 1. The van der Waals surface area contributed by atoms with Crippen LogP contribution in [-0.2, 0) is 4.74 Å². The Morgan fingerprint density at radius 1 is 1.12 bits per heavy atom. The summed E-state index contributed by atoms with van der Waals surface area (Å²) >= 11 is 5.69. The lowest BCUT2D eigenvalue weighted by atomic mass is 10.2. The number of ether oxygens (including phenoxy) is 3. The number of morpholine rings is 1. The van der Waals surface area contributed by atoms with E-state index in [9.17, 15) is 8.78 Å². The molecule has 1 N–H and O–H groups in total.